The summed E-state index contributed by atoms with van der Waals surface area (Å²) < 4.78 is 27.9. The Morgan fingerprint density at radius 3 is 2.55 bits per heavy atom. The molecule has 0 aliphatic carbocycles. The molecule has 7 heteroatoms. The molecule has 0 bridgehead atoms. The van der Waals surface area contributed by atoms with Crippen molar-refractivity contribution in [2.45, 2.75) is 31.3 Å². The van der Waals surface area contributed by atoms with E-state index >= 15 is 0 Å². The van der Waals surface area contributed by atoms with Crippen LogP contribution in [0, 0.1) is 6.92 Å². The molecule has 1 heterocycles. The third-order valence-corrected chi connectivity index (χ3v) is 4.81. The van der Waals surface area contributed by atoms with Gasteiger partial charge in [0.2, 0.25) is 0 Å². The van der Waals surface area contributed by atoms with E-state index < -0.39 is 10.0 Å². The lowest BCUT2D eigenvalue weighted by Crippen LogP contribution is -2.34. The van der Waals surface area contributed by atoms with Crippen LogP contribution >= 0.6 is 15.9 Å². The second kappa shape index (κ2) is 6.07. The zero-order chi connectivity index (χ0) is 14.8. The predicted molar refractivity (Wildman–Crippen MR) is 81.0 cm³/mol. The summed E-state index contributed by atoms with van der Waals surface area (Å²) in [5.74, 6) is 0.575. The molecular formula is C13H16BrN3O2S. The minimum atomic E-state index is -3.54. The van der Waals surface area contributed by atoms with E-state index in [1.807, 2.05) is 31.2 Å². The third-order valence-electron chi connectivity index (χ3n) is 2.78. The number of halogens is 1. The predicted octanol–water partition coefficient (Wildman–Crippen LogP) is 2.39. The number of hydrogen-bond donors (Lipinski definition) is 2. The molecule has 1 atom stereocenters. The molecule has 108 valence electrons. The Bertz CT molecular complexity index is 680. The summed E-state index contributed by atoms with van der Waals surface area (Å²) >= 11 is 3.37. The van der Waals surface area contributed by atoms with Gasteiger partial charge in [-0.1, -0.05) is 28.1 Å². The van der Waals surface area contributed by atoms with E-state index in [9.17, 15) is 8.42 Å². The van der Waals surface area contributed by atoms with Crippen molar-refractivity contribution in [3.63, 3.8) is 0 Å². The summed E-state index contributed by atoms with van der Waals surface area (Å²) in [6, 6.07) is 7.61. The number of rotatable bonds is 5. The van der Waals surface area contributed by atoms with Crippen molar-refractivity contribution < 1.29 is 8.42 Å². The topological polar surface area (TPSA) is 74.8 Å². The second-order valence-electron chi connectivity index (χ2n) is 4.69. The lowest BCUT2D eigenvalue weighted by molar-refractivity contribution is 0.556. The molecule has 0 aliphatic heterocycles. The number of aryl methyl sites for hydroxylation is 1. The van der Waals surface area contributed by atoms with Gasteiger partial charge in [-0.05, 0) is 38.0 Å². The van der Waals surface area contributed by atoms with Gasteiger partial charge in [0.05, 0.1) is 6.20 Å². The Balaban J connectivity index is 2.04. The smallest absolute Gasteiger partial charge is 0.257 e. The van der Waals surface area contributed by atoms with Crippen LogP contribution in [0.1, 0.15) is 18.3 Å². The van der Waals surface area contributed by atoms with Crippen molar-refractivity contribution in [2.24, 2.45) is 0 Å². The maximum Gasteiger partial charge on any atom is 0.257 e. The molecular weight excluding hydrogens is 342 g/mol. The quantitative estimate of drug-likeness (QED) is 0.862. The summed E-state index contributed by atoms with van der Waals surface area (Å²) in [6.07, 6.45) is 1.95. The number of benzene rings is 1. The number of sulfonamides is 1. The fourth-order valence-corrected chi connectivity index (χ4v) is 3.36. The Hall–Kier alpha value is -1.18. The number of H-pyrrole nitrogens is 1. The van der Waals surface area contributed by atoms with Gasteiger partial charge in [-0.3, -0.25) is 0 Å². The van der Waals surface area contributed by atoms with Gasteiger partial charge < -0.3 is 4.98 Å². The van der Waals surface area contributed by atoms with Crippen molar-refractivity contribution in [2.75, 3.05) is 0 Å². The van der Waals surface area contributed by atoms with Gasteiger partial charge in [0, 0.05) is 10.5 Å². The van der Waals surface area contributed by atoms with Crippen molar-refractivity contribution >= 4 is 26.0 Å². The average molecular weight is 358 g/mol. The second-order valence-corrected chi connectivity index (χ2v) is 7.28. The first-order valence-corrected chi connectivity index (χ1v) is 8.43. The molecule has 5 nitrogen and oxygen atoms in total. The van der Waals surface area contributed by atoms with Crippen LogP contribution in [0.5, 0.6) is 0 Å². The molecule has 20 heavy (non-hydrogen) atoms. The minimum absolute atomic E-state index is 0.0951. The van der Waals surface area contributed by atoms with Gasteiger partial charge in [-0.25, -0.2) is 18.1 Å². The number of imidazole rings is 1. The van der Waals surface area contributed by atoms with Crippen molar-refractivity contribution in [1.82, 2.24) is 14.7 Å². The summed E-state index contributed by atoms with van der Waals surface area (Å²) in [5.41, 5.74) is 1.07. The Morgan fingerprint density at radius 1 is 1.35 bits per heavy atom. The molecule has 2 N–H and O–H groups in total. The van der Waals surface area contributed by atoms with Gasteiger partial charge in [0.25, 0.3) is 10.0 Å². The van der Waals surface area contributed by atoms with E-state index in [4.69, 9.17) is 0 Å². The summed E-state index contributed by atoms with van der Waals surface area (Å²) in [6.45, 7) is 3.55. The number of nitrogens with one attached hydrogen (secondary N) is 2. The minimum Gasteiger partial charge on any atom is -0.332 e. The number of aromatic amines is 1. The first-order valence-electron chi connectivity index (χ1n) is 6.15. The Labute approximate surface area is 127 Å². The van der Waals surface area contributed by atoms with Gasteiger partial charge in [0.1, 0.15) is 5.82 Å². The third kappa shape index (κ3) is 3.91. The van der Waals surface area contributed by atoms with Crippen molar-refractivity contribution in [3.8, 4) is 0 Å². The van der Waals surface area contributed by atoms with E-state index in [1.165, 1.54) is 6.20 Å². The highest BCUT2D eigenvalue weighted by Gasteiger charge is 2.19. The first kappa shape index (κ1) is 15.2. The molecule has 1 unspecified atom stereocenters. The summed E-state index contributed by atoms with van der Waals surface area (Å²) in [7, 11) is -3.54. The van der Waals surface area contributed by atoms with Crippen molar-refractivity contribution in [1.29, 1.82) is 0 Å². The van der Waals surface area contributed by atoms with Crippen LogP contribution in [-0.4, -0.2) is 24.4 Å². The molecule has 0 saturated carbocycles. The fraction of sp³-hybridized carbons (Fsp3) is 0.308. The van der Waals surface area contributed by atoms with Gasteiger partial charge in [-0.2, -0.15) is 0 Å². The molecule has 0 spiro atoms. The highest BCUT2D eigenvalue weighted by Crippen LogP contribution is 2.13. The van der Waals surface area contributed by atoms with E-state index in [1.54, 1.807) is 6.92 Å². The van der Waals surface area contributed by atoms with Crippen LogP contribution in [0.2, 0.25) is 0 Å². The van der Waals surface area contributed by atoms with Crippen LogP contribution in [-0.2, 0) is 16.4 Å². The molecule has 0 amide bonds. The van der Waals surface area contributed by atoms with Gasteiger partial charge in [0.15, 0.2) is 5.03 Å². The van der Waals surface area contributed by atoms with Gasteiger partial charge >= 0.3 is 0 Å². The fourth-order valence-electron chi connectivity index (χ4n) is 1.88. The molecule has 0 saturated heterocycles. The summed E-state index contributed by atoms with van der Waals surface area (Å²) in [5, 5.41) is 0.0951. The first-order chi connectivity index (χ1) is 9.37. The molecule has 0 fully saturated rings. The van der Waals surface area contributed by atoms with Crippen LogP contribution in [0.25, 0.3) is 0 Å². The van der Waals surface area contributed by atoms with Crippen LogP contribution in [0.15, 0.2) is 40.0 Å². The number of nitrogens with zero attached hydrogens (tertiary/aromatic N) is 1. The normalized spacial score (nSPS) is 13.3. The maximum absolute atomic E-state index is 12.1. The number of hydrogen-bond acceptors (Lipinski definition) is 3. The molecule has 2 rings (SSSR count). The largest absolute Gasteiger partial charge is 0.332 e. The van der Waals surface area contributed by atoms with Crippen LogP contribution in [0.3, 0.4) is 0 Å². The number of aromatic nitrogens is 2. The zero-order valence-corrected chi connectivity index (χ0v) is 13.6. The highest BCUT2D eigenvalue weighted by atomic mass is 79.9. The highest BCUT2D eigenvalue weighted by molar-refractivity contribution is 9.10. The van der Waals surface area contributed by atoms with Gasteiger partial charge in [-0.15, -0.1) is 0 Å². The lowest BCUT2D eigenvalue weighted by atomic mass is 10.1. The molecule has 2 aromatic rings. The van der Waals surface area contributed by atoms with E-state index in [2.05, 4.69) is 30.6 Å². The monoisotopic (exact) mass is 357 g/mol. The zero-order valence-electron chi connectivity index (χ0n) is 11.2. The molecule has 1 aromatic carbocycles. The van der Waals surface area contributed by atoms with E-state index in [0.29, 0.717) is 12.2 Å². The van der Waals surface area contributed by atoms with Crippen LogP contribution < -0.4 is 4.72 Å². The molecule has 0 aliphatic rings. The van der Waals surface area contributed by atoms with E-state index in [0.717, 1.165) is 10.0 Å². The van der Waals surface area contributed by atoms with Crippen LogP contribution in [0.4, 0.5) is 0 Å². The Morgan fingerprint density at radius 2 is 2.00 bits per heavy atom. The molecule has 1 aromatic heterocycles. The van der Waals surface area contributed by atoms with E-state index in [-0.39, 0.29) is 11.1 Å². The maximum atomic E-state index is 12.1. The SMILES string of the molecule is Cc1ncc(S(=O)(=O)NC(C)Cc2ccc(Br)cc2)[nH]1. The summed E-state index contributed by atoms with van der Waals surface area (Å²) in [4.78, 5) is 6.63. The molecule has 0 radical (unpaired) electrons. The standard InChI is InChI=1S/C13H16BrN3O2S/c1-9(7-11-3-5-12(14)6-4-11)17-20(18,19)13-8-15-10(2)16-13/h3-6,8-9,17H,7H2,1-2H3,(H,15,16). The average Bonchev–Trinajstić information content (AvgIpc) is 2.79. The lowest BCUT2D eigenvalue weighted by Gasteiger charge is -2.13. The Kier molecular flexibility index (Phi) is 4.62. The van der Waals surface area contributed by atoms with Crippen molar-refractivity contribution in [3.05, 3.63) is 46.3 Å².